The average molecular weight is 515 g/mol. The Bertz CT molecular complexity index is 1450. The predicted molar refractivity (Wildman–Crippen MR) is 139 cm³/mol. The molecule has 0 fully saturated rings. The minimum Gasteiger partial charge on any atom is -0.507 e. The minimum atomic E-state index is 0.118. The second-order valence-electron chi connectivity index (χ2n) is 7.62. The van der Waals surface area contributed by atoms with Crippen molar-refractivity contribution in [3.8, 4) is 22.1 Å². The molecule has 1 aromatic heterocycles. The summed E-state index contributed by atoms with van der Waals surface area (Å²) in [5, 5.41) is 21.9. The third-order valence-corrected chi connectivity index (χ3v) is 6.94. The lowest BCUT2D eigenvalue weighted by atomic mass is 10.0. The lowest BCUT2D eigenvalue weighted by Crippen LogP contribution is -1.92. The van der Waals surface area contributed by atoms with Crippen LogP contribution in [0, 0.1) is 0 Å². The van der Waals surface area contributed by atoms with Gasteiger partial charge in [0.2, 0.25) is 0 Å². The second-order valence-corrected chi connectivity index (χ2v) is 9.51. The van der Waals surface area contributed by atoms with Crippen molar-refractivity contribution in [1.29, 1.82) is 0 Å². The van der Waals surface area contributed by atoms with Gasteiger partial charge in [-0.15, -0.1) is 11.3 Å². The number of fused-ring (bicyclic) bond motifs is 1. The van der Waals surface area contributed by atoms with Gasteiger partial charge in [0.05, 0.1) is 25.9 Å². The van der Waals surface area contributed by atoms with Crippen LogP contribution in [0.5, 0.6) is 11.5 Å². The highest BCUT2D eigenvalue weighted by Gasteiger charge is 2.11. The zero-order chi connectivity index (χ0) is 22.8. The molecule has 5 rings (SSSR count). The molecule has 0 spiro atoms. The van der Waals surface area contributed by atoms with Crippen LogP contribution in [0.4, 0.5) is 5.69 Å². The number of thiazole rings is 1. The summed E-state index contributed by atoms with van der Waals surface area (Å²) in [6, 6.07) is 27.2. The van der Waals surface area contributed by atoms with Gasteiger partial charge in [-0.3, -0.25) is 4.99 Å². The largest absolute Gasteiger partial charge is 0.507 e. The normalized spacial score (nSPS) is 11.4. The van der Waals surface area contributed by atoms with E-state index in [1.54, 1.807) is 12.3 Å². The minimum absolute atomic E-state index is 0.118. The van der Waals surface area contributed by atoms with E-state index < -0.39 is 0 Å². The molecule has 0 atom stereocenters. The molecular formula is C27H19BrN2O2S. The predicted octanol–water partition coefficient (Wildman–Crippen LogP) is 7.48. The molecule has 0 aliphatic heterocycles. The van der Waals surface area contributed by atoms with E-state index in [0.29, 0.717) is 21.3 Å². The van der Waals surface area contributed by atoms with Crippen LogP contribution in [0.15, 0.2) is 94.4 Å². The van der Waals surface area contributed by atoms with Crippen LogP contribution < -0.4 is 0 Å². The van der Waals surface area contributed by atoms with Crippen molar-refractivity contribution in [2.75, 3.05) is 0 Å². The van der Waals surface area contributed by atoms with Crippen molar-refractivity contribution in [1.82, 2.24) is 4.98 Å². The smallest absolute Gasteiger partial charge is 0.138 e. The van der Waals surface area contributed by atoms with Gasteiger partial charge in [0.1, 0.15) is 16.5 Å². The zero-order valence-corrected chi connectivity index (χ0v) is 19.8. The number of phenolic OH excluding ortho intramolecular Hbond substituents is 2. The molecule has 0 saturated heterocycles. The number of aromatic nitrogens is 1. The first-order chi connectivity index (χ1) is 16.1. The zero-order valence-electron chi connectivity index (χ0n) is 17.4. The SMILES string of the molecule is Oc1cc(N=Cc2cc(Cc3ccccc3)cc(Br)c2O)ccc1-c1nc2ccccc2s1. The first-order valence-electron chi connectivity index (χ1n) is 10.4. The van der Waals surface area contributed by atoms with Crippen LogP contribution >= 0.6 is 27.3 Å². The Morgan fingerprint density at radius 2 is 1.67 bits per heavy atom. The Labute approximate surface area is 203 Å². The van der Waals surface area contributed by atoms with Crippen LogP contribution in [0.1, 0.15) is 16.7 Å². The van der Waals surface area contributed by atoms with Gasteiger partial charge in [-0.1, -0.05) is 42.5 Å². The van der Waals surface area contributed by atoms with Gasteiger partial charge in [0, 0.05) is 17.8 Å². The summed E-state index contributed by atoms with van der Waals surface area (Å²) in [6.07, 6.45) is 2.36. The van der Waals surface area contributed by atoms with Gasteiger partial charge in [0.15, 0.2) is 0 Å². The van der Waals surface area contributed by atoms with E-state index in [0.717, 1.165) is 27.2 Å². The Morgan fingerprint density at radius 1 is 0.879 bits per heavy atom. The van der Waals surface area contributed by atoms with E-state index in [1.807, 2.05) is 66.7 Å². The topological polar surface area (TPSA) is 65.7 Å². The van der Waals surface area contributed by atoms with Gasteiger partial charge >= 0.3 is 0 Å². The summed E-state index contributed by atoms with van der Waals surface area (Å²) in [5.41, 5.74) is 5.02. The van der Waals surface area contributed by atoms with Gasteiger partial charge in [-0.05, 0) is 69.9 Å². The maximum atomic E-state index is 10.6. The monoisotopic (exact) mass is 514 g/mol. The molecule has 162 valence electrons. The third kappa shape index (κ3) is 4.67. The number of rotatable bonds is 5. The highest BCUT2D eigenvalue weighted by atomic mass is 79.9. The summed E-state index contributed by atoms with van der Waals surface area (Å²) in [4.78, 5) is 9.10. The molecule has 5 aromatic rings. The summed E-state index contributed by atoms with van der Waals surface area (Å²) < 4.78 is 1.69. The maximum absolute atomic E-state index is 10.6. The lowest BCUT2D eigenvalue weighted by molar-refractivity contribution is 0.471. The second kappa shape index (κ2) is 9.17. The van der Waals surface area contributed by atoms with Crippen molar-refractivity contribution < 1.29 is 10.2 Å². The van der Waals surface area contributed by atoms with E-state index in [9.17, 15) is 10.2 Å². The molecule has 2 N–H and O–H groups in total. The summed E-state index contributed by atoms with van der Waals surface area (Å²) in [7, 11) is 0. The first kappa shape index (κ1) is 21.4. The van der Waals surface area contributed by atoms with E-state index in [4.69, 9.17) is 0 Å². The molecule has 1 heterocycles. The van der Waals surface area contributed by atoms with Crippen LogP contribution in [-0.2, 0) is 6.42 Å². The van der Waals surface area contributed by atoms with E-state index in [-0.39, 0.29) is 11.5 Å². The van der Waals surface area contributed by atoms with Crippen molar-refractivity contribution in [2.24, 2.45) is 4.99 Å². The number of nitrogens with zero attached hydrogens (tertiary/aromatic N) is 2. The average Bonchev–Trinajstić information content (AvgIpc) is 3.25. The molecule has 6 heteroatoms. The number of aliphatic imine (C=N–C) groups is 1. The van der Waals surface area contributed by atoms with Gasteiger partial charge in [-0.2, -0.15) is 0 Å². The standard InChI is InChI=1S/C27H19BrN2O2S/c28-22-14-18(12-17-6-2-1-3-7-17)13-19(26(22)32)16-29-20-10-11-21(24(31)15-20)27-30-23-8-4-5-9-25(23)33-27/h1-11,13-16,31-32H,12H2. The van der Waals surface area contributed by atoms with E-state index in [1.165, 1.54) is 16.9 Å². The van der Waals surface area contributed by atoms with Crippen molar-refractivity contribution >= 4 is 49.4 Å². The Morgan fingerprint density at radius 3 is 2.45 bits per heavy atom. The van der Waals surface area contributed by atoms with Gasteiger partial charge < -0.3 is 10.2 Å². The first-order valence-corrected chi connectivity index (χ1v) is 12.0. The number of hydrogen-bond acceptors (Lipinski definition) is 5. The molecule has 4 nitrogen and oxygen atoms in total. The van der Waals surface area contributed by atoms with Gasteiger partial charge in [-0.25, -0.2) is 4.98 Å². The Balaban J connectivity index is 1.41. The molecule has 0 saturated carbocycles. The van der Waals surface area contributed by atoms with Crippen molar-refractivity contribution in [3.05, 3.63) is 106 Å². The number of hydrogen-bond donors (Lipinski definition) is 2. The highest BCUT2D eigenvalue weighted by molar-refractivity contribution is 9.10. The van der Waals surface area contributed by atoms with Crippen LogP contribution in [0.3, 0.4) is 0 Å². The fourth-order valence-electron chi connectivity index (χ4n) is 3.62. The quantitative estimate of drug-likeness (QED) is 0.239. The molecule has 0 aliphatic carbocycles. The van der Waals surface area contributed by atoms with E-state index in [2.05, 4.69) is 38.0 Å². The summed E-state index contributed by atoms with van der Waals surface area (Å²) in [5.74, 6) is 0.248. The fourth-order valence-corrected chi connectivity index (χ4v) is 5.15. The van der Waals surface area contributed by atoms with Crippen molar-refractivity contribution in [2.45, 2.75) is 6.42 Å². The summed E-state index contributed by atoms with van der Waals surface area (Å²) >= 11 is 4.98. The molecule has 0 unspecified atom stereocenters. The number of para-hydroxylation sites is 1. The fraction of sp³-hybridized carbons (Fsp3) is 0.0370. The van der Waals surface area contributed by atoms with Crippen LogP contribution in [0.25, 0.3) is 20.8 Å². The van der Waals surface area contributed by atoms with Crippen LogP contribution in [-0.4, -0.2) is 21.4 Å². The number of halogens is 1. The summed E-state index contributed by atoms with van der Waals surface area (Å²) in [6.45, 7) is 0. The third-order valence-electron chi connectivity index (χ3n) is 5.26. The molecule has 0 bridgehead atoms. The maximum Gasteiger partial charge on any atom is 0.138 e. The number of phenols is 2. The molecule has 0 amide bonds. The highest BCUT2D eigenvalue weighted by Crippen LogP contribution is 2.37. The van der Waals surface area contributed by atoms with Crippen molar-refractivity contribution in [3.63, 3.8) is 0 Å². The molecule has 4 aromatic carbocycles. The Kier molecular flexibility index (Phi) is 5.94. The Hall–Kier alpha value is -3.48. The van der Waals surface area contributed by atoms with Crippen LogP contribution in [0.2, 0.25) is 0 Å². The van der Waals surface area contributed by atoms with E-state index >= 15 is 0 Å². The molecule has 0 radical (unpaired) electrons. The number of aromatic hydroxyl groups is 2. The molecule has 0 aliphatic rings. The molecular weight excluding hydrogens is 496 g/mol. The van der Waals surface area contributed by atoms with Gasteiger partial charge in [0.25, 0.3) is 0 Å². The lowest BCUT2D eigenvalue weighted by Gasteiger charge is -2.08. The molecule has 33 heavy (non-hydrogen) atoms. The number of benzene rings is 4.